The molecule has 6 nitrogen and oxygen atoms in total. The summed E-state index contributed by atoms with van der Waals surface area (Å²) >= 11 is 30.5. The summed E-state index contributed by atoms with van der Waals surface area (Å²) in [5.41, 5.74) is -3.26. The molecular weight excluding hydrogens is 701 g/mol. The second kappa shape index (κ2) is 12.0. The van der Waals surface area contributed by atoms with Crippen LogP contribution in [-0.4, -0.2) is 33.7 Å². The maximum Gasteiger partial charge on any atom is 0.433 e. The van der Waals surface area contributed by atoms with E-state index in [0.29, 0.717) is 23.8 Å². The van der Waals surface area contributed by atoms with Crippen molar-refractivity contribution in [3.8, 4) is 0 Å². The topological polar surface area (TPSA) is 90.5 Å². The highest BCUT2D eigenvalue weighted by atomic mass is 35.5. The first-order valence-corrected chi connectivity index (χ1v) is 13.4. The van der Waals surface area contributed by atoms with Gasteiger partial charge in [0.2, 0.25) is 12.1 Å². The van der Waals surface area contributed by atoms with Gasteiger partial charge in [-0.3, -0.25) is 9.59 Å². The number of nitrogens with one attached hydrogen (secondary N) is 3. The number of halogens is 12. The molecule has 3 aromatic rings. The van der Waals surface area contributed by atoms with Crippen molar-refractivity contribution >= 4 is 86.9 Å². The van der Waals surface area contributed by atoms with E-state index in [0.717, 1.165) is 0 Å². The van der Waals surface area contributed by atoms with Crippen molar-refractivity contribution < 1.29 is 45.4 Å². The molecule has 0 bridgehead atoms. The standard InChI is InChI=1S/C25H13Cl5F7N3O3/c26-10-1-7(2-11(27)19(10)28)17-18(24(17,29)30)22(42)38-8-3-9(20(34)14(33)4-8)21(41)39-15-6-16(13(32)5-12(15)31)40-23(43)25(35,36)37/h1-6,17-18,23,40,43H,(H,38,42)(H,39,41)/t17-,18+,23?/m0/s1. The molecule has 4 rings (SSSR count). The van der Waals surface area contributed by atoms with E-state index in [1.54, 1.807) is 5.32 Å². The van der Waals surface area contributed by atoms with Gasteiger partial charge in [0.15, 0.2) is 11.6 Å². The van der Waals surface area contributed by atoms with Crippen LogP contribution in [0.15, 0.2) is 36.4 Å². The van der Waals surface area contributed by atoms with Gasteiger partial charge in [0.05, 0.1) is 37.9 Å². The number of hydrogen-bond acceptors (Lipinski definition) is 4. The third-order valence-corrected chi connectivity index (χ3v) is 8.29. The van der Waals surface area contributed by atoms with Gasteiger partial charge in [0.25, 0.3) is 5.91 Å². The molecule has 3 atom stereocenters. The van der Waals surface area contributed by atoms with Crippen molar-refractivity contribution in [2.75, 3.05) is 16.0 Å². The number of carbonyl (C=O) groups excluding carboxylic acids is 2. The molecule has 1 aliphatic rings. The molecule has 0 aliphatic heterocycles. The highest BCUT2D eigenvalue weighted by molar-refractivity contribution is 6.54. The predicted octanol–water partition coefficient (Wildman–Crippen LogP) is 8.27. The highest BCUT2D eigenvalue weighted by Gasteiger charge is 2.67. The minimum atomic E-state index is -5.24. The van der Waals surface area contributed by atoms with E-state index < -0.39 is 86.3 Å². The van der Waals surface area contributed by atoms with Gasteiger partial charge in [-0.2, -0.15) is 13.2 Å². The molecule has 3 aromatic carbocycles. The Balaban J connectivity index is 1.56. The number of aliphatic hydroxyl groups is 1. The summed E-state index contributed by atoms with van der Waals surface area (Å²) in [6.45, 7) is 0. The van der Waals surface area contributed by atoms with E-state index in [4.69, 9.17) is 63.1 Å². The zero-order valence-electron chi connectivity index (χ0n) is 20.5. The maximum atomic E-state index is 14.6. The van der Waals surface area contributed by atoms with E-state index in [9.17, 15) is 40.3 Å². The van der Waals surface area contributed by atoms with Gasteiger partial charge in [0, 0.05) is 23.7 Å². The van der Waals surface area contributed by atoms with Crippen molar-refractivity contribution in [3.63, 3.8) is 0 Å². The van der Waals surface area contributed by atoms with Crippen LogP contribution in [-0.2, 0) is 4.79 Å². The fourth-order valence-electron chi connectivity index (χ4n) is 4.04. The first-order chi connectivity index (χ1) is 19.8. The van der Waals surface area contributed by atoms with Crippen molar-refractivity contribution in [2.45, 2.75) is 22.7 Å². The molecule has 43 heavy (non-hydrogen) atoms. The van der Waals surface area contributed by atoms with Gasteiger partial charge in [-0.25, -0.2) is 17.6 Å². The van der Waals surface area contributed by atoms with Crippen LogP contribution in [0, 0.1) is 29.2 Å². The Morgan fingerprint density at radius 2 is 1.42 bits per heavy atom. The van der Waals surface area contributed by atoms with E-state index in [-0.39, 0.29) is 21.1 Å². The van der Waals surface area contributed by atoms with E-state index in [2.05, 4.69) is 5.32 Å². The Bertz CT molecular complexity index is 1620. The molecule has 0 aromatic heterocycles. The molecule has 0 spiro atoms. The van der Waals surface area contributed by atoms with Crippen LogP contribution in [0.1, 0.15) is 21.8 Å². The minimum Gasteiger partial charge on any atom is -0.366 e. The summed E-state index contributed by atoms with van der Waals surface area (Å²) in [7, 11) is 0. The molecule has 0 heterocycles. The van der Waals surface area contributed by atoms with Crippen LogP contribution >= 0.6 is 58.0 Å². The second-order valence-corrected chi connectivity index (χ2v) is 11.7. The molecule has 1 aliphatic carbocycles. The SMILES string of the molecule is O=C(Nc1cc(NC(O)C(F)(F)F)c(F)cc1F)c1cc(NC(=O)[C@H]2[C@H](c3cc(Cl)c(Cl)c(Cl)c3)C2(Cl)Cl)cc(F)c1F. The number of aliphatic hydroxyl groups excluding tert-OH is 1. The molecule has 1 unspecified atom stereocenters. The van der Waals surface area contributed by atoms with Crippen molar-refractivity contribution in [3.05, 3.63) is 85.9 Å². The lowest BCUT2D eigenvalue weighted by atomic mass is 10.1. The fourth-order valence-corrected chi connectivity index (χ4v) is 5.48. The molecule has 18 heteroatoms. The monoisotopic (exact) mass is 711 g/mol. The third kappa shape index (κ3) is 6.86. The Hall–Kier alpha value is -2.68. The smallest absolute Gasteiger partial charge is 0.366 e. The molecule has 0 radical (unpaired) electrons. The summed E-state index contributed by atoms with van der Waals surface area (Å²) in [6, 6.07) is 4.36. The first-order valence-electron chi connectivity index (χ1n) is 11.5. The molecule has 1 saturated carbocycles. The van der Waals surface area contributed by atoms with Crippen LogP contribution < -0.4 is 16.0 Å². The van der Waals surface area contributed by atoms with Gasteiger partial charge in [-0.1, -0.05) is 34.8 Å². The number of amides is 2. The quantitative estimate of drug-likeness (QED) is 0.0859. The van der Waals surface area contributed by atoms with Crippen molar-refractivity contribution in [2.24, 2.45) is 5.92 Å². The Labute approximate surface area is 262 Å². The van der Waals surface area contributed by atoms with Crippen molar-refractivity contribution in [1.29, 1.82) is 0 Å². The van der Waals surface area contributed by atoms with E-state index in [1.807, 2.05) is 0 Å². The molecule has 230 valence electrons. The van der Waals surface area contributed by atoms with E-state index in [1.165, 1.54) is 17.4 Å². The fraction of sp³-hybridized carbons (Fsp3) is 0.200. The van der Waals surface area contributed by atoms with Gasteiger partial charge >= 0.3 is 6.18 Å². The van der Waals surface area contributed by atoms with Gasteiger partial charge in [-0.05, 0) is 29.8 Å². The molecule has 4 N–H and O–H groups in total. The number of hydrogen-bond donors (Lipinski definition) is 4. The predicted molar refractivity (Wildman–Crippen MR) is 147 cm³/mol. The lowest BCUT2D eigenvalue weighted by Gasteiger charge is -2.18. The molecule has 0 saturated heterocycles. The van der Waals surface area contributed by atoms with Crippen LogP contribution in [0.2, 0.25) is 15.1 Å². The molecule has 1 fully saturated rings. The number of benzene rings is 3. The average Bonchev–Trinajstić information content (AvgIpc) is 3.48. The Morgan fingerprint density at radius 3 is 2.00 bits per heavy atom. The van der Waals surface area contributed by atoms with E-state index >= 15 is 0 Å². The summed E-state index contributed by atoms with van der Waals surface area (Å²) in [5, 5.41) is 14.6. The van der Waals surface area contributed by atoms with Crippen LogP contribution in [0.5, 0.6) is 0 Å². The lowest BCUT2D eigenvalue weighted by molar-refractivity contribution is -0.194. The number of alkyl halides is 5. The second-order valence-electron chi connectivity index (χ2n) is 9.09. The van der Waals surface area contributed by atoms with Crippen LogP contribution in [0.4, 0.5) is 47.8 Å². The first kappa shape index (κ1) is 33.2. The third-order valence-electron chi connectivity index (χ3n) is 6.15. The lowest BCUT2D eigenvalue weighted by Crippen LogP contribution is -2.36. The highest BCUT2D eigenvalue weighted by Crippen LogP contribution is 2.65. The van der Waals surface area contributed by atoms with Gasteiger partial charge < -0.3 is 21.1 Å². The van der Waals surface area contributed by atoms with Crippen molar-refractivity contribution in [1.82, 2.24) is 0 Å². The van der Waals surface area contributed by atoms with Gasteiger partial charge in [-0.15, -0.1) is 23.2 Å². The Kier molecular flexibility index (Phi) is 9.28. The summed E-state index contributed by atoms with van der Waals surface area (Å²) in [4.78, 5) is 25.7. The summed E-state index contributed by atoms with van der Waals surface area (Å²) < 4.78 is 93.4. The van der Waals surface area contributed by atoms with Crippen LogP contribution in [0.3, 0.4) is 0 Å². The largest absolute Gasteiger partial charge is 0.433 e. The number of anilines is 3. The number of carbonyl (C=O) groups is 2. The normalized spacial score (nSPS) is 18.2. The Morgan fingerprint density at radius 1 is 0.837 bits per heavy atom. The number of rotatable bonds is 7. The molecule has 2 amide bonds. The zero-order valence-corrected chi connectivity index (χ0v) is 24.3. The summed E-state index contributed by atoms with van der Waals surface area (Å²) in [5.74, 6) is -10.9. The molecular formula is C25H13Cl5F7N3O3. The van der Waals surface area contributed by atoms with Gasteiger partial charge in [0.1, 0.15) is 16.0 Å². The average molecular weight is 714 g/mol. The van der Waals surface area contributed by atoms with Crippen LogP contribution in [0.25, 0.3) is 0 Å². The zero-order chi connectivity index (χ0) is 32.2. The summed E-state index contributed by atoms with van der Waals surface area (Å²) in [6.07, 6.45) is -8.50. The minimum absolute atomic E-state index is 0.0444. The maximum absolute atomic E-state index is 14.6.